The molecule has 1 heterocycles. The normalized spacial score (nSPS) is 9.79. The molecular formula is C8H11N3O3. The van der Waals surface area contributed by atoms with Gasteiger partial charge in [0.05, 0.1) is 0 Å². The van der Waals surface area contributed by atoms with E-state index in [0.29, 0.717) is 18.7 Å². The molecule has 14 heavy (non-hydrogen) atoms. The predicted octanol–water partition coefficient (Wildman–Crippen LogP) is -0.214. The molecule has 0 unspecified atom stereocenters. The molecule has 76 valence electrons. The summed E-state index contributed by atoms with van der Waals surface area (Å²) in [6, 6.07) is 1.45. The third kappa shape index (κ3) is 2.89. The monoisotopic (exact) mass is 197 g/mol. The van der Waals surface area contributed by atoms with Gasteiger partial charge in [-0.25, -0.2) is 4.79 Å². The molecule has 0 aliphatic carbocycles. The highest BCUT2D eigenvalue weighted by Gasteiger charge is 2.07. The maximum absolute atomic E-state index is 10.5. The van der Waals surface area contributed by atoms with Crippen LogP contribution in [0.15, 0.2) is 6.07 Å². The van der Waals surface area contributed by atoms with Gasteiger partial charge in [0.25, 0.3) is 0 Å². The first-order chi connectivity index (χ1) is 6.59. The van der Waals surface area contributed by atoms with Crippen LogP contribution in [0.25, 0.3) is 0 Å². The van der Waals surface area contributed by atoms with Gasteiger partial charge in [0.2, 0.25) is 5.91 Å². The van der Waals surface area contributed by atoms with E-state index in [1.54, 1.807) is 0 Å². The Kier molecular flexibility index (Phi) is 3.22. The van der Waals surface area contributed by atoms with Crippen molar-refractivity contribution >= 4 is 11.9 Å². The van der Waals surface area contributed by atoms with Crippen LogP contribution in [0, 0.1) is 0 Å². The number of carbonyl (C=O) groups excluding carboxylic acids is 1. The zero-order valence-electron chi connectivity index (χ0n) is 7.70. The summed E-state index contributed by atoms with van der Waals surface area (Å²) in [6.07, 6.45) is 0.542. The minimum atomic E-state index is -1.06. The minimum Gasteiger partial charge on any atom is -0.476 e. The molecule has 6 heteroatoms. The number of aromatic amines is 1. The zero-order chi connectivity index (χ0) is 10.6. The average Bonchev–Trinajstić information content (AvgIpc) is 2.52. The van der Waals surface area contributed by atoms with E-state index < -0.39 is 5.97 Å². The standard InChI is InChI=1S/C8H11N3O3/c1-5(12)9-3-2-6-4-7(8(13)14)11-10-6/h4H,2-3H2,1H3,(H,9,12)(H,10,11)(H,13,14). The molecule has 0 radical (unpaired) electrons. The van der Waals surface area contributed by atoms with Gasteiger partial charge >= 0.3 is 5.97 Å². The second kappa shape index (κ2) is 4.40. The van der Waals surface area contributed by atoms with Gasteiger partial charge in [0.15, 0.2) is 5.69 Å². The van der Waals surface area contributed by atoms with Gasteiger partial charge < -0.3 is 10.4 Å². The lowest BCUT2D eigenvalue weighted by molar-refractivity contribution is -0.118. The van der Waals surface area contributed by atoms with Crippen LogP contribution in [0.5, 0.6) is 0 Å². The molecular weight excluding hydrogens is 186 g/mol. The van der Waals surface area contributed by atoms with Crippen molar-refractivity contribution in [1.29, 1.82) is 0 Å². The van der Waals surface area contributed by atoms with E-state index in [2.05, 4.69) is 15.5 Å². The smallest absolute Gasteiger partial charge is 0.356 e. The van der Waals surface area contributed by atoms with E-state index in [4.69, 9.17) is 5.11 Å². The average molecular weight is 197 g/mol. The van der Waals surface area contributed by atoms with E-state index in [1.165, 1.54) is 13.0 Å². The van der Waals surface area contributed by atoms with E-state index in [0.717, 1.165) is 0 Å². The molecule has 0 saturated heterocycles. The molecule has 6 nitrogen and oxygen atoms in total. The number of amides is 1. The lowest BCUT2D eigenvalue weighted by Gasteiger charge is -1.98. The van der Waals surface area contributed by atoms with Gasteiger partial charge in [-0.15, -0.1) is 0 Å². The maximum Gasteiger partial charge on any atom is 0.356 e. The number of carbonyl (C=O) groups is 2. The fourth-order valence-electron chi connectivity index (χ4n) is 0.972. The molecule has 1 aromatic rings. The fraction of sp³-hybridized carbons (Fsp3) is 0.375. The van der Waals surface area contributed by atoms with Crippen molar-refractivity contribution < 1.29 is 14.7 Å². The number of hydrogen-bond acceptors (Lipinski definition) is 3. The third-order valence-electron chi connectivity index (χ3n) is 1.62. The van der Waals surface area contributed by atoms with Crippen LogP contribution in [-0.4, -0.2) is 33.7 Å². The second-order valence-corrected chi connectivity index (χ2v) is 2.82. The Bertz CT molecular complexity index is 345. The minimum absolute atomic E-state index is 0.0113. The molecule has 1 aromatic heterocycles. The summed E-state index contributed by atoms with van der Waals surface area (Å²) in [5.41, 5.74) is 0.680. The molecule has 0 saturated carbocycles. The summed E-state index contributed by atoms with van der Waals surface area (Å²) in [5.74, 6) is -1.17. The van der Waals surface area contributed by atoms with Gasteiger partial charge in [-0.2, -0.15) is 5.10 Å². The van der Waals surface area contributed by atoms with Gasteiger partial charge in [-0.1, -0.05) is 0 Å². The number of hydrogen-bond donors (Lipinski definition) is 3. The lowest BCUT2D eigenvalue weighted by Crippen LogP contribution is -2.22. The van der Waals surface area contributed by atoms with Crippen molar-refractivity contribution in [3.8, 4) is 0 Å². The Morgan fingerprint density at radius 3 is 2.86 bits per heavy atom. The highest BCUT2D eigenvalue weighted by atomic mass is 16.4. The van der Waals surface area contributed by atoms with Crippen LogP contribution in [0.2, 0.25) is 0 Å². The largest absolute Gasteiger partial charge is 0.476 e. The third-order valence-corrected chi connectivity index (χ3v) is 1.62. The Labute approximate surface area is 80.3 Å². The van der Waals surface area contributed by atoms with Crippen LogP contribution in [0.3, 0.4) is 0 Å². The van der Waals surface area contributed by atoms with Crippen LogP contribution < -0.4 is 5.32 Å². The molecule has 3 N–H and O–H groups in total. The molecule has 1 rings (SSSR count). The molecule has 0 spiro atoms. The van der Waals surface area contributed by atoms with Gasteiger partial charge in [0.1, 0.15) is 0 Å². The van der Waals surface area contributed by atoms with Crippen molar-refractivity contribution in [2.24, 2.45) is 0 Å². The molecule has 0 aromatic carbocycles. The van der Waals surface area contributed by atoms with Gasteiger partial charge in [-0.3, -0.25) is 9.89 Å². The Hall–Kier alpha value is -1.85. The quantitative estimate of drug-likeness (QED) is 0.622. The highest BCUT2D eigenvalue weighted by Crippen LogP contribution is 1.99. The van der Waals surface area contributed by atoms with Crippen LogP contribution in [0.4, 0.5) is 0 Å². The summed E-state index contributed by atoms with van der Waals surface area (Å²) in [6.45, 7) is 1.90. The van der Waals surface area contributed by atoms with Gasteiger partial charge in [0, 0.05) is 25.6 Å². The Morgan fingerprint density at radius 2 is 2.36 bits per heavy atom. The highest BCUT2D eigenvalue weighted by molar-refractivity contribution is 5.85. The van der Waals surface area contributed by atoms with E-state index in [9.17, 15) is 9.59 Å². The molecule has 0 fully saturated rings. The number of H-pyrrole nitrogens is 1. The first-order valence-electron chi connectivity index (χ1n) is 4.11. The molecule has 0 aliphatic rings. The summed E-state index contributed by atoms with van der Waals surface area (Å²) in [5, 5.41) is 17.3. The number of aromatic nitrogens is 2. The number of nitrogens with zero attached hydrogens (tertiary/aromatic N) is 1. The molecule has 0 atom stereocenters. The fourth-order valence-corrected chi connectivity index (χ4v) is 0.972. The predicted molar refractivity (Wildman–Crippen MR) is 47.9 cm³/mol. The maximum atomic E-state index is 10.5. The van der Waals surface area contributed by atoms with Gasteiger partial charge in [-0.05, 0) is 6.07 Å². The molecule has 0 bridgehead atoms. The van der Waals surface area contributed by atoms with Crippen molar-refractivity contribution in [3.63, 3.8) is 0 Å². The first-order valence-corrected chi connectivity index (χ1v) is 4.11. The number of nitrogens with one attached hydrogen (secondary N) is 2. The van der Waals surface area contributed by atoms with E-state index in [-0.39, 0.29) is 11.6 Å². The molecule has 1 amide bonds. The summed E-state index contributed by atoms with van der Waals surface area (Å²) >= 11 is 0. The number of rotatable bonds is 4. The second-order valence-electron chi connectivity index (χ2n) is 2.82. The van der Waals surface area contributed by atoms with Crippen LogP contribution >= 0.6 is 0 Å². The van der Waals surface area contributed by atoms with Crippen molar-refractivity contribution in [1.82, 2.24) is 15.5 Å². The SMILES string of the molecule is CC(=O)NCCc1cc(C(=O)O)n[nH]1. The lowest BCUT2D eigenvalue weighted by atomic mass is 10.3. The Morgan fingerprint density at radius 1 is 1.64 bits per heavy atom. The van der Waals surface area contributed by atoms with Crippen molar-refractivity contribution in [3.05, 3.63) is 17.5 Å². The zero-order valence-corrected chi connectivity index (χ0v) is 7.70. The molecule has 0 aliphatic heterocycles. The number of carboxylic acids is 1. The van der Waals surface area contributed by atoms with Crippen LogP contribution in [-0.2, 0) is 11.2 Å². The summed E-state index contributed by atoms with van der Waals surface area (Å²) in [7, 11) is 0. The summed E-state index contributed by atoms with van der Waals surface area (Å²) in [4.78, 5) is 21.0. The number of carboxylic acid groups (broad SMARTS) is 1. The topological polar surface area (TPSA) is 95.1 Å². The van der Waals surface area contributed by atoms with Crippen molar-refractivity contribution in [2.75, 3.05) is 6.54 Å². The van der Waals surface area contributed by atoms with E-state index >= 15 is 0 Å². The first kappa shape index (κ1) is 10.2. The van der Waals surface area contributed by atoms with Crippen molar-refractivity contribution in [2.45, 2.75) is 13.3 Å². The van der Waals surface area contributed by atoms with Crippen LogP contribution in [0.1, 0.15) is 23.1 Å². The van der Waals surface area contributed by atoms with E-state index in [1.807, 2.05) is 0 Å². The summed E-state index contributed by atoms with van der Waals surface area (Å²) < 4.78 is 0. The Balaban J connectivity index is 2.44. The number of aromatic carboxylic acids is 1.